The molecule has 5 heteroatoms. The average molecular weight is 251 g/mol. The zero-order chi connectivity index (χ0) is 13.7. The van der Waals surface area contributed by atoms with Crippen LogP contribution in [0.2, 0.25) is 0 Å². The second-order valence-corrected chi connectivity index (χ2v) is 3.60. The first-order valence-electron chi connectivity index (χ1n) is 5.38. The maximum absolute atomic E-state index is 8.91. The zero-order valence-electron chi connectivity index (χ0n) is 10.1. The van der Waals surface area contributed by atoms with Gasteiger partial charge in [-0.2, -0.15) is 10.5 Å². The summed E-state index contributed by atoms with van der Waals surface area (Å²) in [6.45, 7) is 0. The van der Waals surface area contributed by atoms with Gasteiger partial charge in [-0.05, 0) is 24.3 Å². The van der Waals surface area contributed by atoms with Gasteiger partial charge in [-0.3, -0.25) is 0 Å². The van der Waals surface area contributed by atoms with Gasteiger partial charge in [0.15, 0.2) is 0 Å². The molecule has 0 N–H and O–H groups in total. The third-order valence-electron chi connectivity index (χ3n) is 2.33. The molecule has 0 aliphatic rings. The highest BCUT2D eigenvalue weighted by atomic mass is 16.5. The number of hydrogen-bond acceptors (Lipinski definition) is 5. The number of aromatic nitrogens is 1. The van der Waals surface area contributed by atoms with Crippen LogP contribution < -0.4 is 9.47 Å². The zero-order valence-corrected chi connectivity index (χ0v) is 10.1. The van der Waals surface area contributed by atoms with Gasteiger partial charge >= 0.3 is 0 Å². The number of nitrogens with zero attached hydrogens (tertiary/aromatic N) is 3. The minimum Gasteiger partial charge on any atom is -0.497 e. The first-order valence-corrected chi connectivity index (χ1v) is 5.38. The molecule has 92 valence electrons. The van der Waals surface area contributed by atoms with Crippen LogP contribution in [-0.4, -0.2) is 12.1 Å². The Balaban J connectivity index is 2.27. The lowest BCUT2D eigenvalue weighted by atomic mass is 10.2. The highest BCUT2D eigenvalue weighted by Crippen LogP contribution is 2.26. The molecule has 0 atom stereocenters. The molecule has 0 bridgehead atoms. The molecule has 2 rings (SSSR count). The molecule has 19 heavy (non-hydrogen) atoms. The lowest BCUT2D eigenvalue weighted by Gasteiger charge is -2.07. The van der Waals surface area contributed by atoms with Crippen molar-refractivity contribution in [3.05, 3.63) is 47.8 Å². The second-order valence-electron chi connectivity index (χ2n) is 3.60. The highest BCUT2D eigenvalue weighted by molar-refractivity contribution is 5.45. The maximum Gasteiger partial charge on any atom is 0.145 e. The van der Waals surface area contributed by atoms with E-state index in [4.69, 9.17) is 20.0 Å². The predicted molar refractivity (Wildman–Crippen MR) is 66.7 cm³/mol. The molecule has 0 amide bonds. The normalized spacial score (nSPS) is 9.21. The molecule has 0 fully saturated rings. The fourth-order valence-corrected chi connectivity index (χ4v) is 1.46. The number of nitriles is 2. The van der Waals surface area contributed by atoms with Crippen molar-refractivity contribution in [1.82, 2.24) is 4.98 Å². The average Bonchev–Trinajstić information content (AvgIpc) is 2.47. The molecular weight excluding hydrogens is 242 g/mol. The summed E-state index contributed by atoms with van der Waals surface area (Å²) in [5.41, 5.74) is 0.756. The molecule has 0 unspecified atom stereocenters. The van der Waals surface area contributed by atoms with E-state index in [-0.39, 0.29) is 0 Å². The van der Waals surface area contributed by atoms with Crippen LogP contribution in [0.1, 0.15) is 11.3 Å². The van der Waals surface area contributed by atoms with Crippen LogP contribution in [-0.2, 0) is 0 Å². The number of pyridine rings is 1. The van der Waals surface area contributed by atoms with Crippen molar-refractivity contribution in [2.75, 3.05) is 7.11 Å². The van der Waals surface area contributed by atoms with Crippen molar-refractivity contribution in [2.45, 2.75) is 0 Å². The number of ether oxygens (including phenoxy) is 2. The molecule has 2 aromatic rings. The van der Waals surface area contributed by atoms with Gasteiger partial charge in [0.25, 0.3) is 0 Å². The molecule has 0 spiro atoms. The van der Waals surface area contributed by atoms with Crippen molar-refractivity contribution in [3.8, 4) is 29.4 Å². The number of benzene rings is 1. The van der Waals surface area contributed by atoms with Crippen molar-refractivity contribution in [2.24, 2.45) is 0 Å². The van der Waals surface area contributed by atoms with Gasteiger partial charge in [-0.1, -0.05) is 0 Å². The minimum absolute atomic E-state index is 0.315. The van der Waals surface area contributed by atoms with Gasteiger partial charge in [0.05, 0.1) is 24.9 Å². The fraction of sp³-hybridized carbons (Fsp3) is 0.0714. The van der Waals surface area contributed by atoms with Crippen LogP contribution >= 0.6 is 0 Å². The summed E-state index contributed by atoms with van der Waals surface area (Å²) >= 11 is 0. The third-order valence-corrected chi connectivity index (χ3v) is 2.33. The summed E-state index contributed by atoms with van der Waals surface area (Å²) in [5.74, 6) is 1.49. The van der Waals surface area contributed by atoms with Crippen LogP contribution in [0, 0.1) is 22.7 Å². The SMILES string of the molecule is COc1cc(C#N)cc(Oc2ccc(C#N)nc2)c1. The molecule has 1 aromatic heterocycles. The Morgan fingerprint density at radius 3 is 2.37 bits per heavy atom. The Labute approximate surface area is 110 Å². The minimum atomic E-state index is 0.315. The fourth-order valence-electron chi connectivity index (χ4n) is 1.46. The van der Waals surface area contributed by atoms with Crippen molar-refractivity contribution in [3.63, 3.8) is 0 Å². The van der Waals surface area contributed by atoms with Crippen LogP contribution in [0.3, 0.4) is 0 Å². The predicted octanol–water partition coefficient (Wildman–Crippen LogP) is 2.63. The van der Waals surface area contributed by atoms with E-state index in [1.807, 2.05) is 12.1 Å². The molecular formula is C14H9N3O2. The summed E-state index contributed by atoms with van der Waals surface area (Å²) in [6, 6.07) is 12.0. The Hall–Kier alpha value is -3.05. The van der Waals surface area contributed by atoms with E-state index >= 15 is 0 Å². The topological polar surface area (TPSA) is 78.9 Å². The molecule has 0 aliphatic heterocycles. The summed E-state index contributed by atoms with van der Waals surface area (Å²) < 4.78 is 10.6. The maximum atomic E-state index is 8.91. The van der Waals surface area contributed by atoms with Gasteiger partial charge in [0, 0.05) is 6.07 Å². The number of rotatable bonds is 3. The largest absolute Gasteiger partial charge is 0.497 e. The second kappa shape index (κ2) is 5.52. The monoisotopic (exact) mass is 251 g/mol. The van der Waals surface area contributed by atoms with Crippen LogP contribution in [0.25, 0.3) is 0 Å². The van der Waals surface area contributed by atoms with E-state index in [9.17, 15) is 0 Å². The van der Waals surface area contributed by atoms with E-state index in [0.29, 0.717) is 28.5 Å². The van der Waals surface area contributed by atoms with E-state index in [2.05, 4.69) is 4.98 Å². The van der Waals surface area contributed by atoms with Crippen molar-refractivity contribution < 1.29 is 9.47 Å². The van der Waals surface area contributed by atoms with Gasteiger partial charge < -0.3 is 9.47 Å². The quantitative estimate of drug-likeness (QED) is 0.837. The number of methoxy groups -OCH3 is 1. The Bertz CT molecular complexity index is 667. The lowest BCUT2D eigenvalue weighted by molar-refractivity contribution is 0.408. The standard InChI is InChI=1S/C14H9N3O2/c1-18-13-4-10(7-15)5-14(6-13)19-12-3-2-11(8-16)17-9-12/h2-6,9H,1H3. The smallest absolute Gasteiger partial charge is 0.145 e. The van der Waals surface area contributed by atoms with E-state index in [0.717, 1.165) is 0 Å². The van der Waals surface area contributed by atoms with Gasteiger partial charge in [0.1, 0.15) is 29.0 Å². The van der Waals surface area contributed by atoms with Gasteiger partial charge in [-0.25, -0.2) is 4.98 Å². The molecule has 5 nitrogen and oxygen atoms in total. The van der Waals surface area contributed by atoms with Crippen molar-refractivity contribution >= 4 is 0 Å². The number of hydrogen-bond donors (Lipinski definition) is 0. The third kappa shape index (κ3) is 2.99. The molecule has 0 radical (unpaired) electrons. The molecule has 1 heterocycles. The Kier molecular flexibility index (Phi) is 3.61. The van der Waals surface area contributed by atoms with Crippen molar-refractivity contribution in [1.29, 1.82) is 10.5 Å². The van der Waals surface area contributed by atoms with Crippen LogP contribution in [0.15, 0.2) is 36.5 Å². The summed E-state index contributed by atoms with van der Waals surface area (Å²) in [4.78, 5) is 3.90. The Morgan fingerprint density at radius 2 is 1.79 bits per heavy atom. The summed E-state index contributed by atoms with van der Waals surface area (Å²) in [6.07, 6.45) is 1.45. The van der Waals surface area contributed by atoms with Crippen LogP contribution in [0.5, 0.6) is 17.2 Å². The lowest BCUT2D eigenvalue weighted by Crippen LogP contribution is -1.90. The Morgan fingerprint density at radius 1 is 1.00 bits per heavy atom. The van der Waals surface area contributed by atoms with Crippen LogP contribution in [0.4, 0.5) is 0 Å². The first kappa shape index (κ1) is 12.4. The van der Waals surface area contributed by atoms with E-state index in [1.54, 1.807) is 30.3 Å². The molecule has 1 aromatic carbocycles. The highest BCUT2D eigenvalue weighted by Gasteiger charge is 2.04. The van der Waals surface area contributed by atoms with Gasteiger partial charge in [0.2, 0.25) is 0 Å². The molecule has 0 saturated heterocycles. The van der Waals surface area contributed by atoms with Gasteiger partial charge in [-0.15, -0.1) is 0 Å². The summed E-state index contributed by atoms with van der Waals surface area (Å²) in [7, 11) is 1.52. The van der Waals surface area contributed by atoms with E-state index in [1.165, 1.54) is 13.3 Å². The molecule has 0 saturated carbocycles. The molecule has 0 aliphatic carbocycles. The van der Waals surface area contributed by atoms with E-state index < -0.39 is 0 Å². The summed E-state index contributed by atoms with van der Waals surface area (Å²) in [5, 5.41) is 17.6. The first-order chi connectivity index (χ1) is 9.25.